The molecule has 2 aromatic carbocycles. The van der Waals surface area contributed by atoms with Crippen LogP contribution in [0.5, 0.6) is 5.75 Å². The van der Waals surface area contributed by atoms with Crippen LogP contribution in [0, 0.1) is 5.82 Å². The van der Waals surface area contributed by atoms with Gasteiger partial charge in [0, 0.05) is 36.8 Å². The Kier molecular flexibility index (Phi) is 9.97. The van der Waals surface area contributed by atoms with Crippen LogP contribution in [0.15, 0.2) is 48.5 Å². The zero-order valence-electron chi connectivity index (χ0n) is 23.4. The number of halogens is 4. The second kappa shape index (κ2) is 13.0. The van der Waals surface area contributed by atoms with E-state index in [0.29, 0.717) is 23.9 Å². The summed E-state index contributed by atoms with van der Waals surface area (Å²) < 4.78 is 67.2. The van der Waals surface area contributed by atoms with Gasteiger partial charge in [-0.3, -0.25) is 4.79 Å². The highest BCUT2D eigenvalue weighted by Gasteiger charge is 2.36. The van der Waals surface area contributed by atoms with Crippen LogP contribution in [-0.4, -0.2) is 59.5 Å². The van der Waals surface area contributed by atoms with Crippen LogP contribution < -0.4 is 15.4 Å². The number of nitrogens with zero attached hydrogens (tertiary/aromatic N) is 3. The van der Waals surface area contributed by atoms with Gasteiger partial charge in [0.15, 0.2) is 5.69 Å². The van der Waals surface area contributed by atoms with Crippen LogP contribution in [0.4, 0.5) is 22.4 Å². The molecule has 0 bridgehead atoms. The number of amides is 2. The minimum atomic E-state index is -4.84. The van der Waals surface area contributed by atoms with E-state index in [4.69, 9.17) is 9.47 Å². The fourth-order valence-electron chi connectivity index (χ4n) is 3.82. The smallest absolute Gasteiger partial charge is 0.435 e. The molecule has 3 rings (SSSR count). The first kappa shape index (κ1) is 31.4. The number of alkyl halides is 3. The number of hydrogen-bond acceptors (Lipinski definition) is 6. The number of likely N-dealkylation sites (N-methyl/N-ethyl adjacent to an activating group) is 1. The van der Waals surface area contributed by atoms with Gasteiger partial charge in [-0.25, -0.2) is 13.9 Å². The van der Waals surface area contributed by atoms with Crippen LogP contribution in [0.2, 0.25) is 0 Å². The van der Waals surface area contributed by atoms with Crippen molar-refractivity contribution in [2.24, 2.45) is 0 Å². The maximum Gasteiger partial charge on any atom is 0.435 e. The Morgan fingerprint density at radius 1 is 1.05 bits per heavy atom. The predicted octanol–water partition coefficient (Wildman–Crippen LogP) is 4.93. The molecule has 0 saturated heterocycles. The first-order valence-corrected chi connectivity index (χ1v) is 12.7. The number of carbonyl (C=O) groups excluding carboxylic acids is 2. The van der Waals surface area contributed by atoms with E-state index in [-0.39, 0.29) is 30.9 Å². The third-order valence-electron chi connectivity index (χ3n) is 5.78. The van der Waals surface area contributed by atoms with Crippen molar-refractivity contribution < 1.29 is 36.6 Å². The zero-order chi connectivity index (χ0) is 30.4. The first-order chi connectivity index (χ1) is 19.2. The van der Waals surface area contributed by atoms with Crippen LogP contribution in [0.3, 0.4) is 0 Å². The van der Waals surface area contributed by atoms with Crippen LogP contribution in [0.25, 0.3) is 5.69 Å². The van der Waals surface area contributed by atoms with Gasteiger partial charge >= 0.3 is 12.3 Å². The van der Waals surface area contributed by atoms with Crippen molar-refractivity contribution in [2.75, 3.05) is 27.2 Å². The molecular weight excluding hydrogens is 546 g/mol. The van der Waals surface area contributed by atoms with Gasteiger partial charge in [-0.2, -0.15) is 18.3 Å². The average molecular weight is 580 g/mol. The monoisotopic (exact) mass is 579 g/mol. The van der Waals surface area contributed by atoms with Gasteiger partial charge in [-0.15, -0.1) is 0 Å². The SMILES string of the molecule is CNCCN(Cc1cc(-n2nc(C(F)(F)F)cc2C(=O)NCc2ccccc2OC)ccc1F)C(=O)OC(C)(C)C. The van der Waals surface area contributed by atoms with Gasteiger partial charge in [0.2, 0.25) is 0 Å². The first-order valence-electron chi connectivity index (χ1n) is 12.7. The molecule has 0 spiro atoms. The van der Waals surface area contributed by atoms with Crippen molar-refractivity contribution in [3.05, 3.63) is 76.9 Å². The lowest BCUT2D eigenvalue weighted by Gasteiger charge is -2.27. The van der Waals surface area contributed by atoms with E-state index in [1.54, 1.807) is 52.1 Å². The number of ether oxygens (including phenoxy) is 2. The summed E-state index contributed by atoms with van der Waals surface area (Å²) >= 11 is 0. The maximum atomic E-state index is 14.9. The fourth-order valence-corrected chi connectivity index (χ4v) is 3.82. The van der Waals surface area contributed by atoms with Gasteiger partial charge in [0.05, 0.1) is 19.3 Å². The number of carbonyl (C=O) groups is 2. The van der Waals surface area contributed by atoms with E-state index in [1.807, 2.05) is 0 Å². The molecule has 0 aliphatic rings. The highest BCUT2D eigenvalue weighted by Crippen LogP contribution is 2.30. The third kappa shape index (κ3) is 8.43. The number of benzene rings is 2. The van der Waals surface area contributed by atoms with Crippen LogP contribution in [0.1, 0.15) is 48.1 Å². The van der Waals surface area contributed by atoms with Crippen molar-refractivity contribution in [2.45, 2.75) is 45.6 Å². The number of nitrogens with one attached hydrogen (secondary N) is 2. The van der Waals surface area contributed by atoms with Crippen molar-refractivity contribution in [3.63, 3.8) is 0 Å². The van der Waals surface area contributed by atoms with E-state index in [9.17, 15) is 27.2 Å². The highest BCUT2D eigenvalue weighted by molar-refractivity contribution is 5.93. The quantitative estimate of drug-likeness (QED) is 0.331. The van der Waals surface area contributed by atoms with E-state index in [1.165, 1.54) is 24.1 Å². The zero-order valence-corrected chi connectivity index (χ0v) is 23.4. The second-order valence-electron chi connectivity index (χ2n) is 10.1. The molecule has 0 saturated carbocycles. The Labute approximate surface area is 235 Å². The number of aromatic nitrogens is 2. The number of rotatable bonds is 10. The normalized spacial score (nSPS) is 11.7. The molecular formula is C28H33F4N5O4. The van der Waals surface area contributed by atoms with Gasteiger partial charge in [-0.1, -0.05) is 18.2 Å². The van der Waals surface area contributed by atoms with Crippen LogP contribution in [-0.2, 0) is 24.0 Å². The third-order valence-corrected chi connectivity index (χ3v) is 5.78. The lowest BCUT2D eigenvalue weighted by molar-refractivity contribution is -0.141. The van der Waals surface area contributed by atoms with E-state index < -0.39 is 41.0 Å². The van der Waals surface area contributed by atoms with Gasteiger partial charge in [0.1, 0.15) is 22.9 Å². The molecule has 9 nitrogen and oxygen atoms in total. The molecule has 1 heterocycles. The summed E-state index contributed by atoms with van der Waals surface area (Å²) in [6, 6.07) is 11.0. The predicted molar refractivity (Wildman–Crippen MR) is 143 cm³/mol. The highest BCUT2D eigenvalue weighted by atomic mass is 19.4. The Morgan fingerprint density at radius 3 is 2.39 bits per heavy atom. The van der Waals surface area contributed by atoms with Gasteiger partial charge < -0.3 is 25.0 Å². The lowest BCUT2D eigenvalue weighted by Crippen LogP contribution is -2.39. The molecule has 0 aliphatic carbocycles. The summed E-state index contributed by atoms with van der Waals surface area (Å²) in [5.41, 5.74) is -1.91. The Hall–Kier alpha value is -4.13. The van der Waals surface area contributed by atoms with Gasteiger partial charge in [-0.05, 0) is 52.1 Å². The van der Waals surface area contributed by atoms with Crippen molar-refractivity contribution in [1.29, 1.82) is 0 Å². The minimum Gasteiger partial charge on any atom is -0.496 e. The van der Waals surface area contributed by atoms with Crippen molar-refractivity contribution in [1.82, 2.24) is 25.3 Å². The molecule has 0 atom stereocenters. The topological polar surface area (TPSA) is 97.7 Å². The number of para-hydroxylation sites is 1. The number of methoxy groups -OCH3 is 1. The van der Waals surface area contributed by atoms with Gasteiger partial charge in [0.25, 0.3) is 5.91 Å². The maximum absolute atomic E-state index is 14.9. The molecule has 13 heteroatoms. The molecule has 2 amide bonds. The largest absolute Gasteiger partial charge is 0.496 e. The molecule has 0 unspecified atom stereocenters. The summed E-state index contributed by atoms with van der Waals surface area (Å²) in [4.78, 5) is 27.1. The summed E-state index contributed by atoms with van der Waals surface area (Å²) in [7, 11) is 3.14. The number of hydrogen-bond donors (Lipinski definition) is 2. The minimum absolute atomic E-state index is 0.00269. The summed E-state index contributed by atoms with van der Waals surface area (Å²) in [5.74, 6) is -1.04. The summed E-state index contributed by atoms with van der Waals surface area (Å²) in [6.07, 6.45) is -5.53. The fraction of sp³-hybridized carbons (Fsp3) is 0.393. The molecule has 0 fully saturated rings. The molecule has 41 heavy (non-hydrogen) atoms. The Bertz CT molecular complexity index is 1370. The van der Waals surface area contributed by atoms with E-state index in [2.05, 4.69) is 15.7 Å². The Balaban J connectivity index is 1.96. The Morgan fingerprint density at radius 2 is 1.76 bits per heavy atom. The molecule has 2 N–H and O–H groups in total. The van der Waals surface area contributed by atoms with Crippen LogP contribution >= 0.6 is 0 Å². The lowest BCUT2D eigenvalue weighted by atomic mass is 10.1. The standard InChI is InChI=1S/C28H33F4N5O4/c1-27(2,3)41-26(39)36(13-12-33-4)17-19-14-20(10-11-21(19)29)37-22(15-24(35-37)28(30,31)32)25(38)34-16-18-8-6-7-9-23(18)40-5/h6-11,14-15,33H,12-13,16-17H2,1-5H3,(H,34,38). The molecule has 3 aromatic rings. The molecule has 222 valence electrons. The van der Waals surface area contributed by atoms with E-state index in [0.717, 1.165) is 10.7 Å². The summed E-state index contributed by atoms with van der Waals surface area (Å²) in [5, 5.41) is 9.10. The summed E-state index contributed by atoms with van der Waals surface area (Å²) in [6.45, 7) is 5.37. The molecule has 1 aromatic heterocycles. The van der Waals surface area contributed by atoms with Crippen molar-refractivity contribution in [3.8, 4) is 11.4 Å². The average Bonchev–Trinajstić information content (AvgIpc) is 3.36. The molecule has 0 radical (unpaired) electrons. The second-order valence-corrected chi connectivity index (χ2v) is 10.1. The van der Waals surface area contributed by atoms with Crippen molar-refractivity contribution >= 4 is 12.0 Å². The van der Waals surface area contributed by atoms with E-state index >= 15 is 0 Å². The molecule has 0 aliphatic heterocycles.